The first-order valence-corrected chi connectivity index (χ1v) is 10.5. The summed E-state index contributed by atoms with van der Waals surface area (Å²) in [6.07, 6.45) is 2.57. The molecular weight excluding hydrogens is 364 g/mol. The highest BCUT2D eigenvalue weighted by atomic mass is 16.5. The van der Waals surface area contributed by atoms with E-state index in [1.807, 2.05) is 48.2 Å². The van der Waals surface area contributed by atoms with Gasteiger partial charge in [-0.3, -0.25) is 9.69 Å². The molecule has 2 aromatic rings. The van der Waals surface area contributed by atoms with Gasteiger partial charge in [-0.1, -0.05) is 30.3 Å². The van der Waals surface area contributed by atoms with E-state index in [0.717, 1.165) is 62.6 Å². The zero-order chi connectivity index (χ0) is 20.5. The molecule has 1 aliphatic heterocycles. The number of para-hydroxylation sites is 1. The van der Waals surface area contributed by atoms with Gasteiger partial charge in [0.2, 0.25) is 5.91 Å². The molecule has 0 radical (unpaired) electrons. The molecular formula is C24H32N2O3. The minimum Gasteiger partial charge on any atom is -0.496 e. The second-order valence-corrected chi connectivity index (χ2v) is 7.39. The van der Waals surface area contributed by atoms with Gasteiger partial charge in [-0.25, -0.2) is 0 Å². The number of rotatable bonds is 9. The highest BCUT2D eigenvalue weighted by Gasteiger charge is 2.21. The number of carbonyl (C=O) groups excluding carboxylic acids is 1. The van der Waals surface area contributed by atoms with Crippen LogP contribution in [-0.4, -0.2) is 62.1 Å². The minimum absolute atomic E-state index is 0.211. The zero-order valence-electron chi connectivity index (χ0n) is 17.6. The Morgan fingerprint density at radius 3 is 2.41 bits per heavy atom. The fourth-order valence-electron chi connectivity index (χ4n) is 3.78. The van der Waals surface area contributed by atoms with E-state index in [1.54, 1.807) is 7.11 Å². The molecule has 0 bridgehead atoms. The third-order valence-corrected chi connectivity index (χ3v) is 5.43. The number of benzene rings is 2. The summed E-state index contributed by atoms with van der Waals surface area (Å²) >= 11 is 0. The molecule has 5 nitrogen and oxygen atoms in total. The molecule has 0 atom stereocenters. The second kappa shape index (κ2) is 10.9. The number of aryl methyl sites for hydroxylation is 1. The molecule has 1 amide bonds. The van der Waals surface area contributed by atoms with Crippen molar-refractivity contribution >= 4 is 5.91 Å². The number of carbonyl (C=O) groups is 1. The molecule has 1 heterocycles. The standard InChI is InChI=1S/C24H32N2O3/c1-3-29-22-12-10-20(11-13-22)19-24(27)26-17-15-25(16-18-26)14-6-8-21-7-4-5-9-23(21)28-2/h4-5,7,9-13H,3,6,8,14-19H2,1-2H3. The van der Waals surface area contributed by atoms with E-state index in [0.29, 0.717) is 13.0 Å². The lowest BCUT2D eigenvalue weighted by atomic mass is 10.1. The van der Waals surface area contributed by atoms with Crippen LogP contribution in [0.1, 0.15) is 24.5 Å². The van der Waals surface area contributed by atoms with E-state index in [4.69, 9.17) is 9.47 Å². The van der Waals surface area contributed by atoms with Crippen LogP contribution in [0.25, 0.3) is 0 Å². The van der Waals surface area contributed by atoms with Crippen LogP contribution in [0.4, 0.5) is 0 Å². The van der Waals surface area contributed by atoms with Crippen LogP contribution in [0, 0.1) is 0 Å². The summed E-state index contributed by atoms with van der Waals surface area (Å²) in [5.74, 6) is 2.03. The summed E-state index contributed by atoms with van der Waals surface area (Å²) in [6.45, 7) is 7.19. The largest absolute Gasteiger partial charge is 0.496 e. The highest BCUT2D eigenvalue weighted by molar-refractivity contribution is 5.79. The first-order valence-electron chi connectivity index (χ1n) is 10.5. The topological polar surface area (TPSA) is 42.0 Å². The second-order valence-electron chi connectivity index (χ2n) is 7.39. The van der Waals surface area contributed by atoms with Gasteiger partial charge in [-0.05, 0) is 55.6 Å². The van der Waals surface area contributed by atoms with Gasteiger partial charge in [0, 0.05) is 26.2 Å². The van der Waals surface area contributed by atoms with Crippen molar-refractivity contribution in [2.45, 2.75) is 26.2 Å². The summed E-state index contributed by atoms with van der Waals surface area (Å²) in [6, 6.07) is 16.1. The van der Waals surface area contributed by atoms with E-state index < -0.39 is 0 Å². The van der Waals surface area contributed by atoms with Gasteiger partial charge >= 0.3 is 0 Å². The van der Waals surface area contributed by atoms with Gasteiger partial charge in [0.25, 0.3) is 0 Å². The summed E-state index contributed by atoms with van der Waals surface area (Å²) in [5.41, 5.74) is 2.30. The van der Waals surface area contributed by atoms with E-state index >= 15 is 0 Å². The lowest BCUT2D eigenvalue weighted by Crippen LogP contribution is -2.49. The Kier molecular flexibility index (Phi) is 7.94. The maximum atomic E-state index is 12.6. The normalized spacial score (nSPS) is 14.6. The Balaban J connectivity index is 1.38. The molecule has 156 valence electrons. The van der Waals surface area contributed by atoms with Crippen LogP contribution >= 0.6 is 0 Å². The van der Waals surface area contributed by atoms with Gasteiger partial charge < -0.3 is 14.4 Å². The summed E-state index contributed by atoms with van der Waals surface area (Å²) in [4.78, 5) is 17.1. The lowest BCUT2D eigenvalue weighted by Gasteiger charge is -2.34. The van der Waals surface area contributed by atoms with E-state index in [2.05, 4.69) is 17.0 Å². The number of hydrogen-bond donors (Lipinski definition) is 0. The molecule has 0 saturated carbocycles. The number of nitrogens with zero attached hydrogens (tertiary/aromatic N) is 2. The molecule has 1 saturated heterocycles. The smallest absolute Gasteiger partial charge is 0.227 e. The Morgan fingerprint density at radius 1 is 1.00 bits per heavy atom. The molecule has 0 aromatic heterocycles. The molecule has 0 aliphatic carbocycles. The molecule has 29 heavy (non-hydrogen) atoms. The fraction of sp³-hybridized carbons (Fsp3) is 0.458. The quantitative estimate of drug-likeness (QED) is 0.651. The zero-order valence-corrected chi connectivity index (χ0v) is 17.6. The third kappa shape index (κ3) is 6.23. The van der Waals surface area contributed by atoms with Crippen LogP contribution in [0.2, 0.25) is 0 Å². The Labute approximate surface area is 174 Å². The third-order valence-electron chi connectivity index (χ3n) is 5.43. The van der Waals surface area contributed by atoms with Crippen molar-refractivity contribution in [3.05, 3.63) is 59.7 Å². The maximum absolute atomic E-state index is 12.6. The molecule has 0 unspecified atom stereocenters. The predicted molar refractivity (Wildman–Crippen MR) is 116 cm³/mol. The van der Waals surface area contributed by atoms with Crippen molar-refractivity contribution in [3.63, 3.8) is 0 Å². The van der Waals surface area contributed by atoms with E-state index in [1.165, 1.54) is 5.56 Å². The number of piperazine rings is 1. The SMILES string of the molecule is CCOc1ccc(CC(=O)N2CCN(CCCc3ccccc3OC)CC2)cc1. The molecule has 5 heteroatoms. The Bertz CT molecular complexity index is 768. The molecule has 2 aromatic carbocycles. The molecule has 1 aliphatic rings. The monoisotopic (exact) mass is 396 g/mol. The van der Waals surface area contributed by atoms with Crippen molar-refractivity contribution in [2.75, 3.05) is 46.4 Å². The van der Waals surface area contributed by atoms with Crippen LogP contribution < -0.4 is 9.47 Å². The lowest BCUT2D eigenvalue weighted by molar-refractivity contribution is -0.132. The van der Waals surface area contributed by atoms with Gasteiger partial charge in [-0.15, -0.1) is 0 Å². The number of methoxy groups -OCH3 is 1. The molecule has 0 N–H and O–H groups in total. The van der Waals surface area contributed by atoms with Crippen molar-refractivity contribution in [2.24, 2.45) is 0 Å². The first kappa shape index (κ1) is 21.2. The average Bonchev–Trinajstić information content (AvgIpc) is 2.76. The molecule has 1 fully saturated rings. The Morgan fingerprint density at radius 2 is 1.72 bits per heavy atom. The van der Waals surface area contributed by atoms with Crippen molar-refractivity contribution < 1.29 is 14.3 Å². The van der Waals surface area contributed by atoms with Gasteiger partial charge in [-0.2, -0.15) is 0 Å². The summed E-state index contributed by atoms with van der Waals surface area (Å²) in [7, 11) is 1.72. The van der Waals surface area contributed by atoms with E-state index in [9.17, 15) is 4.79 Å². The fourth-order valence-corrected chi connectivity index (χ4v) is 3.78. The van der Waals surface area contributed by atoms with Gasteiger partial charge in [0.05, 0.1) is 20.1 Å². The van der Waals surface area contributed by atoms with Crippen molar-refractivity contribution in [3.8, 4) is 11.5 Å². The number of amides is 1. The summed E-state index contributed by atoms with van der Waals surface area (Å²) < 4.78 is 10.9. The number of ether oxygens (including phenoxy) is 2. The molecule has 0 spiro atoms. The van der Waals surface area contributed by atoms with Gasteiger partial charge in [0.15, 0.2) is 0 Å². The Hall–Kier alpha value is -2.53. The first-order chi connectivity index (χ1) is 14.2. The van der Waals surface area contributed by atoms with Gasteiger partial charge in [0.1, 0.15) is 11.5 Å². The van der Waals surface area contributed by atoms with Crippen LogP contribution in [0.3, 0.4) is 0 Å². The summed E-state index contributed by atoms with van der Waals surface area (Å²) in [5, 5.41) is 0. The van der Waals surface area contributed by atoms with Crippen molar-refractivity contribution in [1.29, 1.82) is 0 Å². The van der Waals surface area contributed by atoms with E-state index in [-0.39, 0.29) is 5.91 Å². The highest BCUT2D eigenvalue weighted by Crippen LogP contribution is 2.19. The predicted octanol–water partition coefficient (Wildman–Crippen LogP) is 3.41. The van der Waals surface area contributed by atoms with Crippen molar-refractivity contribution in [1.82, 2.24) is 9.80 Å². The van der Waals surface area contributed by atoms with Crippen LogP contribution in [0.15, 0.2) is 48.5 Å². The number of hydrogen-bond acceptors (Lipinski definition) is 4. The van der Waals surface area contributed by atoms with Crippen LogP contribution in [-0.2, 0) is 17.6 Å². The van der Waals surface area contributed by atoms with Crippen LogP contribution in [0.5, 0.6) is 11.5 Å². The minimum atomic E-state index is 0.211. The average molecular weight is 397 g/mol. The maximum Gasteiger partial charge on any atom is 0.227 e. The molecule has 3 rings (SSSR count).